The van der Waals surface area contributed by atoms with Gasteiger partial charge in [0.25, 0.3) is 0 Å². The van der Waals surface area contributed by atoms with Gasteiger partial charge in [0, 0.05) is 12.2 Å². The molecule has 0 bridgehead atoms. The molecule has 0 aromatic heterocycles. The lowest BCUT2D eigenvalue weighted by atomic mass is 10.5. The Morgan fingerprint density at radius 2 is 1.05 bits per heavy atom. The van der Waals surface area contributed by atoms with Crippen LogP contribution in [0.3, 0.4) is 0 Å². The molecule has 0 aromatic carbocycles. The standard InChI is InChI=1S/C14H20O8/c1-3-7-19-13(17)9-21-11(15)5-6-12(16)22-10-14(18)20-8-4-2/h5-6H,3-4,7-10H2,1-2H3/b6-5+. The van der Waals surface area contributed by atoms with Crippen molar-refractivity contribution < 1.29 is 38.1 Å². The summed E-state index contributed by atoms with van der Waals surface area (Å²) in [5.41, 5.74) is 0. The fourth-order valence-corrected chi connectivity index (χ4v) is 1.01. The number of hydrogen-bond donors (Lipinski definition) is 0. The third-order valence-corrected chi connectivity index (χ3v) is 1.95. The molecule has 0 aliphatic carbocycles. The minimum absolute atomic E-state index is 0.243. The topological polar surface area (TPSA) is 105 Å². The maximum atomic E-state index is 11.2. The lowest BCUT2D eigenvalue weighted by Crippen LogP contribution is -2.17. The molecule has 0 aliphatic heterocycles. The molecule has 0 spiro atoms. The Morgan fingerprint density at radius 3 is 1.36 bits per heavy atom. The highest BCUT2D eigenvalue weighted by atomic mass is 16.6. The van der Waals surface area contributed by atoms with Crippen molar-refractivity contribution in [3.63, 3.8) is 0 Å². The zero-order valence-electron chi connectivity index (χ0n) is 12.7. The number of carbonyl (C=O) groups is 4. The molecular formula is C14H20O8. The quantitative estimate of drug-likeness (QED) is 0.326. The van der Waals surface area contributed by atoms with Crippen molar-refractivity contribution in [2.24, 2.45) is 0 Å². The van der Waals surface area contributed by atoms with Gasteiger partial charge in [-0.1, -0.05) is 13.8 Å². The largest absolute Gasteiger partial charge is 0.463 e. The van der Waals surface area contributed by atoms with Gasteiger partial charge in [0.05, 0.1) is 13.2 Å². The molecular weight excluding hydrogens is 296 g/mol. The van der Waals surface area contributed by atoms with E-state index in [0.717, 1.165) is 12.2 Å². The maximum Gasteiger partial charge on any atom is 0.344 e. The molecule has 0 saturated carbocycles. The molecule has 0 rings (SSSR count). The van der Waals surface area contributed by atoms with E-state index in [4.69, 9.17) is 0 Å². The van der Waals surface area contributed by atoms with E-state index in [1.54, 1.807) is 0 Å². The summed E-state index contributed by atoms with van der Waals surface area (Å²) in [6, 6.07) is 0. The van der Waals surface area contributed by atoms with Gasteiger partial charge >= 0.3 is 23.9 Å². The van der Waals surface area contributed by atoms with E-state index in [9.17, 15) is 19.2 Å². The van der Waals surface area contributed by atoms with Crippen molar-refractivity contribution in [2.75, 3.05) is 26.4 Å². The first-order chi connectivity index (χ1) is 10.5. The second-order valence-corrected chi connectivity index (χ2v) is 3.99. The molecule has 0 fully saturated rings. The number of carbonyl (C=O) groups excluding carboxylic acids is 4. The summed E-state index contributed by atoms with van der Waals surface area (Å²) in [6.45, 7) is 3.06. The van der Waals surface area contributed by atoms with E-state index in [2.05, 4.69) is 18.9 Å². The highest BCUT2D eigenvalue weighted by Gasteiger charge is 2.08. The molecule has 0 atom stereocenters. The molecule has 0 heterocycles. The van der Waals surface area contributed by atoms with Crippen molar-refractivity contribution in [3.05, 3.63) is 12.2 Å². The van der Waals surface area contributed by atoms with Crippen molar-refractivity contribution in [1.82, 2.24) is 0 Å². The Kier molecular flexibility index (Phi) is 11.0. The Bertz CT molecular complexity index is 375. The van der Waals surface area contributed by atoms with Gasteiger partial charge in [-0.05, 0) is 12.8 Å². The molecule has 8 nitrogen and oxygen atoms in total. The van der Waals surface area contributed by atoms with Crippen LogP contribution in [0.4, 0.5) is 0 Å². The number of ether oxygens (including phenoxy) is 4. The van der Waals surface area contributed by atoms with Gasteiger partial charge in [0.15, 0.2) is 13.2 Å². The van der Waals surface area contributed by atoms with Crippen LogP contribution in [0.2, 0.25) is 0 Å². The zero-order valence-corrected chi connectivity index (χ0v) is 12.7. The minimum Gasteiger partial charge on any atom is -0.463 e. The number of hydrogen-bond acceptors (Lipinski definition) is 8. The summed E-state index contributed by atoms with van der Waals surface area (Å²) in [6.07, 6.45) is 2.89. The fraction of sp³-hybridized carbons (Fsp3) is 0.571. The second-order valence-electron chi connectivity index (χ2n) is 3.99. The van der Waals surface area contributed by atoms with Gasteiger partial charge in [0.2, 0.25) is 0 Å². The summed E-state index contributed by atoms with van der Waals surface area (Å²) in [5, 5.41) is 0. The average molecular weight is 316 g/mol. The first kappa shape index (κ1) is 19.6. The lowest BCUT2D eigenvalue weighted by molar-refractivity contribution is -0.156. The number of rotatable bonds is 10. The van der Waals surface area contributed by atoms with Crippen LogP contribution in [0.25, 0.3) is 0 Å². The van der Waals surface area contributed by atoms with Crippen LogP contribution in [0, 0.1) is 0 Å². The minimum atomic E-state index is -0.904. The van der Waals surface area contributed by atoms with Crippen molar-refractivity contribution in [1.29, 1.82) is 0 Å². The Labute approximate surface area is 128 Å². The van der Waals surface area contributed by atoms with Crippen LogP contribution in [0.15, 0.2) is 12.2 Å². The second kappa shape index (κ2) is 12.4. The van der Waals surface area contributed by atoms with E-state index in [0.29, 0.717) is 12.8 Å². The van der Waals surface area contributed by atoms with E-state index in [1.807, 2.05) is 13.8 Å². The highest BCUT2D eigenvalue weighted by molar-refractivity contribution is 5.93. The van der Waals surface area contributed by atoms with Crippen LogP contribution in [0.5, 0.6) is 0 Å². The van der Waals surface area contributed by atoms with E-state index in [-0.39, 0.29) is 13.2 Å². The molecule has 22 heavy (non-hydrogen) atoms. The molecule has 0 aromatic rings. The van der Waals surface area contributed by atoms with Crippen LogP contribution in [0.1, 0.15) is 26.7 Å². The molecule has 0 N–H and O–H groups in total. The highest BCUT2D eigenvalue weighted by Crippen LogP contribution is 1.90. The normalized spacial score (nSPS) is 10.1. The van der Waals surface area contributed by atoms with Gasteiger partial charge in [-0.15, -0.1) is 0 Å². The third kappa shape index (κ3) is 11.4. The van der Waals surface area contributed by atoms with Gasteiger partial charge in [0.1, 0.15) is 0 Å². The average Bonchev–Trinajstić information content (AvgIpc) is 2.52. The SMILES string of the molecule is CCCOC(=O)COC(=O)/C=C/C(=O)OCC(=O)OCCC. The molecule has 0 amide bonds. The van der Waals surface area contributed by atoms with E-state index >= 15 is 0 Å². The molecule has 0 aliphatic rings. The van der Waals surface area contributed by atoms with E-state index < -0.39 is 37.1 Å². The Morgan fingerprint density at radius 1 is 0.682 bits per heavy atom. The van der Waals surface area contributed by atoms with Crippen LogP contribution in [-0.4, -0.2) is 50.3 Å². The molecule has 124 valence electrons. The summed E-state index contributed by atoms with van der Waals surface area (Å²) in [4.78, 5) is 44.5. The molecule has 0 saturated heterocycles. The fourth-order valence-electron chi connectivity index (χ4n) is 1.01. The summed E-state index contributed by atoms with van der Waals surface area (Å²) >= 11 is 0. The molecule has 8 heteroatoms. The number of esters is 4. The third-order valence-electron chi connectivity index (χ3n) is 1.95. The van der Waals surface area contributed by atoms with Crippen molar-refractivity contribution in [2.45, 2.75) is 26.7 Å². The summed E-state index contributed by atoms with van der Waals surface area (Å²) < 4.78 is 18.4. The van der Waals surface area contributed by atoms with Crippen molar-refractivity contribution in [3.8, 4) is 0 Å². The van der Waals surface area contributed by atoms with Gasteiger partial charge in [-0.2, -0.15) is 0 Å². The zero-order chi connectivity index (χ0) is 16.8. The first-order valence-corrected chi connectivity index (χ1v) is 6.82. The lowest BCUT2D eigenvalue weighted by Gasteiger charge is -2.03. The molecule has 0 unspecified atom stereocenters. The van der Waals surface area contributed by atoms with Crippen LogP contribution >= 0.6 is 0 Å². The molecule has 0 radical (unpaired) electrons. The van der Waals surface area contributed by atoms with E-state index in [1.165, 1.54) is 0 Å². The maximum absolute atomic E-state index is 11.2. The summed E-state index contributed by atoms with van der Waals surface area (Å²) in [5.74, 6) is -3.16. The summed E-state index contributed by atoms with van der Waals surface area (Å²) in [7, 11) is 0. The van der Waals surface area contributed by atoms with Gasteiger partial charge in [-0.3, -0.25) is 0 Å². The Hall–Kier alpha value is -2.38. The Balaban J connectivity index is 3.89. The first-order valence-electron chi connectivity index (χ1n) is 6.82. The van der Waals surface area contributed by atoms with Crippen molar-refractivity contribution >= 4 is 23.9 Å². The van der Waals surface area contributed by atoms with Crippen LogP contribution < -0.4 is 0 Å². The smallest absolute Gasteiger partial charge is 0.344 e. The van der Waals surface area contributed by atoms with Gasteiger partial charge < -0.3 is 18.9 Å². The van der Waals surface area contributed by atoms with Gasteiger partial charge in [-0.25, -0.2) is 19.2 Å². The van der Waals surface area contributed by atoms with Crippen LogP contribution in [-0.2, 0) is 38.1 Å². The monoisotopic (exact) mass is 316 g/mol. The predicted molar refractivity (Wildman–Crippen MR) is 73.6 cm³/mol. The predicted octanol–water partition coefficient (Wildman–Crippen LogP) is 0.535.